The Balaban J connectivity index is 2.25. The first kappa shape index (κ1) is 12.9. The summed E-state index contributed by atoms with van der Waals surface area (Å²) in [6.45, 7) is 3.51. The van der Waals surface area contributed by atoms with Crippen molar-refractivity contribution in [3.05, 3.63) is 40.7 Å². The van der Waals surface area contributed by atoms with Crippen molar-refractivity contribution in [2.45, 2.75) is 26.2 Å². The van der Waals surface area contributed by atoms with Gasteiger partial charge in [-0.2, -0.15) is 5.26 Å². The van der Waals surface area contributed by atoms with Crippen molar-refractivity contribution in [1.29, 1.82) is 5.26 Å². The van der Waals surface area contributed by atoms with Gasteiger partial charge in [-0.25, -0.2) is 4.79 Å². The maximum Gasteiger partial charge on any atom is 0.371 e. The van der Waals surface area contributed by atoms with Gasteiger partial charge in [0.2, 0.25) is 5.76 Å². The fourth-order valence-electron chi connectivity index (χ4n) is 2.00. The second-order valence-corrected chi connectivity index (χ2v) is 4.19. The third kappa shape index (κ3) is 2.50. The van der Waals surface area contributed by atoms with Crippen LogP contribution in [0.2, 0.25) is 0 Å². The smallest absolute Gasteiger partial charge is 0.371 e. The van der Waals surface area contributed by atoms with E-state index in [9.17, 15) is 10.1 Å². The van der Waals surface area contributed by atoms with Crippen LogP contribution in [0.4, 0.5) is 0 Å². The predicted octanol–water partition coefficient (Wildman–Crippen LogP) is 2.43. The fourth-order valence-corrected chi connectivity index (χ4v) is 2.00. The van der Waals surface area contributed by atoms with Crippen LogP contribution in [0.25, 0.3) is 0 Å². The second-order valence-electron chi connectivity index (χ2n) is 4.19. The Kier molecular flexibility index (Phi) is 3.38. The minimum Gasteiger partial charge on any atom is -0.475 e. The molecule has 1 unspecified atom stereocenters. The minimum absolute atomic E-state index is 0.134. The number of carbonyl (C=O) groups is 1. The van der Waals surface area contributed by atoms with Crippen LogP contribution in [0.1, 0.15) is 39.3 Å². The Labute approximate surface area is 109 Å². The van der Waals surface area contributed by atoms with Crippen LogP contribution in [0.15, 0.2) is 21.1 Å². The van der Waals surface area contributed by atoms with Gasteiger partial charge in [0.05, 0.1) is 17.7 Å². The monoisotopic (exact) mass is 260 g/mol. The van der Waals surface area contributed by atoms with E-state index >= 15 is 0 Å². The number of aromatic carboxylic acids is 1. The zero-order chi connectivity index (χ0) is 14.0. The quantitative estimate of drug-likeness (QED) is 0.906. The van der Waals surface area contributed by atoms with Crippen molar-refractivity contribution in [1.82, 2.24) is 5.16 Å². The van der Waals surface area contributed by atoms with Crippen LogP contribution in [-0.2, 0) is 6.42 Å². The number of rotatable bonds is 4. The molecule has 2 aromatic heterocycles. The van der Waals surface area contributed by atoms with Crippen LogP contribution < -0.4 is 0 Å². The van der Waals surface area contributed by atoms with Crippen LogP contribution >= 0.6 is 0 Å². The second kappa shape index (κ2) is 4.98. The highest BCUT2D eigenvalue weighted by Crippen LogP contribution is 2.27. The lowest BCUT2D eigenvalue weighted by Crippen LogP contribution is -2.02. The van der Waals surface area contributed by atoms with E-state index in [2.05, 4.69) is 11.2 Å². The fraction of sp³-hybridized carbons (Fsp3) is 0.308. The van der Waals surface area contributed by atoms with Crippen LogP contribution in [0, 0.1) is 25.2 Å². The van der Waals surface area contributed by atoms with Crippen molar-refractivity contribution in [3.63, 3.8) is 0 Å². The van der Waals surface area contributed by atoms with Crippen LogP contribution in [0.5, 0.6) is 0 Å². The number of furan rings is 1. The lowest BCUT2D eigenvalue weighted by Gasteiger charge is -2.06. The number of nitrogens with zero attached hydrogens (tertiary/aromatic N) is 2. The maximum atomic E-state index is 10.7. The molecule has 0 aliphatic carbocycles. The normalized spacial score (nSPS) is 12.1. The molecule has 98 valence electrons. The number of aryl methyl sites for hydroxylation is 2. The lowest BCUT2D eigenvalue weighted by molar-refractivity contribution is 0.0660. The van der Waals surface area contributed by atoms with Gasteiger partial charge in [0.25, 0.3) is 0 Å². The number of hydrogen-bond donors (Lipinski definition) is 1. The maximum absolute atomic E-state index is 10.7. The topological polar surface area (TPSA) is 100 Å². The van der Waals surface area contributed by atoms with Crippen LogP contribution in [0.3, 0.4) is 0 Å². The van der Waals surface area contributed by atoms with Crippen molar-refractivity contribution in [2.24, 2.45) is 0 Å². The lowest BCUT2D eigenvalue weighted by atomic mass is 9.95. The number of carboxylic acids is 1. The van der Waals surface area contributed by atoms with Gasteiger partial charge in [-0.15, -0.1) is 0 Å². The predicted molar refractivity (Wildman–Crippen MR) is 63.7 cm³/mol. The van der Waals surface area contributed by atoms with E-state index in [-0.39, 0.29) is 12.2 Å². The van der Waals surface area contributed by atoms with E-state index in [1.807, 2.05) is 0 Å². The first-order valence-corrected chi connectivity index (χ1v) is 5.67. The highest BCUT2D eigenvalue weighted by molar-refractivity contribution is 5.84. The molecule has 0 bridgehead atoms. The van der Waals surface area contributed by atoms with E-state index < -0.39 is 11.9 Å². The Morgan fingerprint density at radius 2 is 2.26 bits per heavy atom. The van der Waals surface area contributed by atoms with Gasteiger partial charge in [0.1, 0.15) is 11.5 Å². The summed E-state index contributed by atoms with van der Waals surface area (Å²) in [4.78, 5) is 10.7. The van der Waals surface area contributed by atoms with Gasteiger partial charge in [0, 0.05) is 12.0 Å². The molecule has 0 saturated carbocycles. The molecule has 2 heterocycles. The summed E-state index contributed by atoms with van der Waals surface area (Å²) in [5.41, 5.74) is 1.39. The molecule has 6 nitrogen and oxygen atoms in total. The third-order valence-electron chi connectivity index (χ3n) is 2.87. The first-order valence-electron chi connectivity index (χ1n) is 5.67. The van der Waals surface area contributed by atoms with Gasteiger partial charge in [-0.3, -0.25) is 0 Å². The Bertz CT molecular complexity index is 628. The van der Waals surface area contributed by atoms with Crippen LogP contribution in [-0.4, -0.2) is 16.2 Å². The standard InChI is InChI=1S/C13H12N2O4/c1-7-12(8(2)19-15-7)9(6-14)5-10-3-4-11(18-10)13(16)17/h3-4,9H,5H2,1-2H3,(H,16,17). The zero-order valence-electron chi connectivity index (χ0n) is 10.5. The molecule has 2 rings (SSSR count). The zero-order valence-corrected chi connectivity index (χ0v) is 10.5. The Hall–Kier alpha value is -2.55. The number of hydrogen-bond acceptors (Lipinski definition) is 5. The molecule has 0 spiro atoms. The highest BCUT2D eigenvalue weighted by atomic mass is 16.5. The van der Waals surface area contributed by atoms with E-state index in [1.165, 1.54) is 6.07 Å². The van der Waals surface area contributed by atoms with E-state index in [0.717, 1.165) is 5.56 Å². The van der Waals surface area contributed by atoms with E-state index in [0.29, 0.717) is 17.2 Å². The van der Waals surface area contributed by atoms with Crippen molar-refractivity contribution in [2.75, 3.05) is 0 Å². The molecule has 2 aromatic rings. The summed E-state index contributed by atoms with van der Waals surface area (Å²) < 4.78 is 10.2. The van der Waals surface area contributed by atoms with Crippen molar-refractivity contribution >= 4 is 5.97 Å². The average molecular weight is 260 g/mol. The van der Waals surface area contributed by atoms with Crippen molar-refractivity contribution in [3.8, 4) is 6.07 Å². The molecule has 0 fully saturated rings. The van der Waals surface area contributed by atoms with E-state index in [1.54, 1.807) is 19.9 Å². The average Bonchev–Trinajstić information content (AvgIpc) is 2.95. The highest BCUT2D eigenvalue weighted by Gasteiger charge is 2.22. The molecular weight excluding hydrogens is 248 g/mol. The summed E-state index contributed by atoms with van der Waals surface area (Å²) in [6, 6.07) is 5.10. The third-order valence-corrected chi connectivity index (χ3v) is 2.87. The molecule has 0 radical (unpaired) electrons. The Morgan fingerprint density at radius 1 is 1.53 bits per heavy atom. The van der Waals surface area contributed by atoms with Gasteiger partial charge >= 0.3 is 5.97 Å². The molecular formula is C13H12N2O4. The first-order chi connectivity index (χ1) is 9.02. The van der Waals surface area contributed by atoms with Gasteiger partial charge in [-0.05, 0) is 26.0 Å². The molecule has 0 amide bonds. The largest absolute Gasteiger partial charge is 0.475 e. The van der Waals surface area contributed by atoms with Gasteiger partial charge in [-0.1, -0.05) is 5.16 Å². The number of carboxylic acid groups (broad SMARTS) is 1. The van der Waals surface area contributed by atoms with Gasteiger partial charge in [0.15, 0.2) is 0 Å². The number of aromatic nitrogens is 1. The summed E-state index contributed by atoms with van der Waals surface area (Å²) in [5.74, 6) is -0.695. The molecule has 0 aliphatic rings. The summed E-state index contributed by atoms with van der Waals surface area (Å²) >= 11 is 0. The molecule has 19 heavy (non-hydrogen) atoms. The Morgan fingerprint density at radius 3 is 2.74 bits per heavy atom. The molecule has 6 heteroatoms. The van der Waals surface area contributed by atoms with Crippen molar-refractivity contribution < 1.29 is 18.8 Å². The summed E-state index contributed by atoms with van der Waals surface area (Å²) in [7, 11) is 0. The molecule has 0 saturated heterocycles. The SMILES string of the molecule is Cc1noc(C)c1C(C#N)Cc1ccc(C(=O)O)o1. The summed E-state index contributed by atoms with van der Waals surface area (Å²) in [6.07, 6.45) is 0.284. The van der Waals surface area contributed by atoms with E-state index in [4.69, 9.17) is 14.0 Å². The number of nitriles is 1. The minimum atomic E-state index is -1.13. The molecule has 1 atom stereocenters. The summed E-state index contributed by atoms with van der Waals surface area (Å²) in [5, 5.41) is 21.8. The molecule has 0 aromatic carbocycles. The molecule has 1 N–H and O–H groups in total. The molecule has 0 aliphatic heterocycles. The van der Waals surface area contributed by atoms with Gasteiger partial charge < -0.3 is 14.0 Å².